The van der Waals surface area contributed by atoms with Gasteiger partial charge in [0.15, 0.2) is 0 Å². The number of alkyl halides is 2. The Balaban J connectivity index is 1.48. The molecule has 0 radical (unpaired) electrons. The second-order valence-corrected chi connectivity index (χ2v) is 10.7. The number of terminal acetylenes is 1. The Morgan fingerprint density at radius 2 is 1.82 bits per heavy atom. The molecule has 2 aromatic rings. The standard InChI is InChI=1S/C27H28ClFN2O2/c1-6-27(13-14-27)31-23(32)20-15-19(12-7-16(20)2)30-24(33)22-21(26(22,5)28)17-8-10-18(11-9-17)25(3,4)29/h1,7-12,15,21-22H,13-14H2,2-5H3,(H,30,33)(H,31,32). The van der Waals surface area contributed by atoms with Crippen LogP contribution in [0.4, 0.5) is 10.1 Å². The van der Waals surface area contributed by atoms with E-state index in [4.69, 9.17) is 18.0 Å². The highest BCUT2D eigenvalue weighted by atomic mass is 35.5. The first-order valence-corrected chi connectivity index (χ1v) is 11.5. The van der Waals surface area contributed by atoms with E-state index < -0.39 is 22.0 Å². The Labute approximate surface area is 199 Å². The first kappa shape index (κ1) is 23.3. The summed E-state index contributed by atoms with van der Waals surface area (Å²) in [5.74, 6) is 1.55. The summed E-state index contributed by atoms with van der Waals surface area (Å²) in [7, 11) is 0. The lowest BCUT2D eigenvalue weighted by Crippen LogP contribution is -2.36. The summed E-state index contributed by atoms with van der Waals surface area (Å²) in [5.41, 5.74) is 1.28. The van der Waals surface area contributed by atoms with Crippen molar-refractivity contribution in [2.24, 2.45) is 5.92 Å². The van der Waals surface area contributed by atoms with Crippen LogP contribution in [0.25, 0.3) is 0 Å². The van der Waals surface area contributed by atoms with Gasteiger partial charge < -0.3 is 10.6 Å². The molecular weight excluding hydrogens is 439 g/mol. The zero-order valence-corrected chi connectivity index (χ0v) is 20.0. The number of hydrogen-bond donors (Lipinski definition) is 2. The van der Waals surface area contributed by atoms with Gasteiger partial charge in [0.1, 0.15) is 11.2 Å². The summed E-state index contributed by atoms with van der Waals surface area (Å²) in [6.07, 6.45) is 7.07. The number of rotatable bonds is 6. The van der Waals surface area contributed by atoms with Gasteiger partial charge in [-0.25, -0.2) is 4.39 Å². The van der Waals surface area contributed by atoms with Gasteiger partial charge in [-0.15, -0.1) is 18.0 Å². The Morgan fingerprint density at radius 3 is 2.36 bits per heavy atom. The van der Waals surface area contributed by atoms with Gasteiger partial charge in [-0.2, -0.15) is 0 Å². The van der Waals surface area contributed by atoms with Gasteiger partial charge in [-0.05, 0) is 69.4 Å². The first-order chi connectivity index (χ1) is 15.4. The van der Waals surface area contributed by atoms with E-state index in [1.54, 1.807) is 30.3 Å². The lowest BCUT2D eigenvalue weighted by molar-refractivity contribution is -0.117. The molecule has 0 aromatic heterocycles. The summed E-state index contributed by atoms with van der Waals surface area (Å²) in [5, 5.41) is 5.82. The van der Waals surface area contributed by atoms with Crippen LogP contribution in [0.5, 0.6) is 0 Å². The van der Waals surface area contributed by atoms with Gasteiger partial charge in [0.25, 0.3) is 5.91 Å². The van der Waals surface area contributed by atoms with Crippen LogP contribution in [0.2, 0.25) is 0 Å². The van der Waals surface area contributed by atoms with E-state index in [0.29, 0.717) is 16.8 Å². The van der Waals surface area contributed by atoms with E-state index in [1.165, 1.54) is 13.8 Å². The molecule has 172 valence electrons. The van der Waals surface area contributed by atoms with Gasteiger partial charge in [0.05, 0.1) is 10.8 Å². The predicted octanol–water partition coefficient (Wildman–Crippen LogP) is 5.44. The van der Waals surface area contributed by atoms with Crippen molar-refractivity contribution < 1.29 is 14.0 Å². The minimum atomic E-state index is -1.43. The number of carbonyl (C=O) groups is 2. The largest absolute Gasteiger partial charge is 0.336 e. The van der Waals surface area contributed by atoms with E-state index in [0.717, 1.165) is 24.0 Å². The van der Waals surface area contributed by atoms with E-state index in [-0.39, 0.29) is 17.7 Å². The fraction of sp³-hybridized carbons (Fsp3) is 0.407. The molecular formula is C27H28ClFN2O2. The summed E-state index contributed by atoms with van der Waals surface area (Å²) in [6, 6.07) is 12.4. The molecule has 3 unspecified atom stereocenters. The van der Waals surface area contributed by atoms with Crippen molar-refractivity contribution in [3.63, 3.8) is 0 Å². The van der Waals surface area contributed by atoms with Crippen molar-refractivity contribution >= 4 is 29.1 Å². The number of nitrogens with one attached hydrogen (secondary N) is 2. The normalized spacial score (nSPS) is 25.0. The van der Waals surface area contributed by atoms with Crippen LogP contribution in [0.1, 0.15) is 66.6 Å². The Bertz CT molecular complexity index is 1150. The van der Waals surface area contributed by atoms with Crippen molar-refractivity contribution in [3.05, 3.63) is 64.7 Å². The summed E-state index contributed by atoms with van der Waals surface area (Å²) < 4.78 is 14.2. The highest BCUT2D eigenvalue weighted by Gasteiger charge is 2.64. The molecule has 0 bridgehead atoms. The van der Waals surface area contributed by atoms with Gasteiger partial charge in [0.2, 0.25) is 5.91 Å². The number of aryl methyl sites for hydroxylation is 1. The Hall–Kier alpha value is -2.84. The highest BCUT2D eigenvalue weighted by Crippen LogP contribution is 2.62. The molecule has 2 aromatic carbocycles. The van der Waals surface area contributed by atoms with Crippen LogP contribution < -0.4 is 10.6 Å². The van der Waals surface area contributed by atoms with Crippen LogP contribution in [-0.4, -0.2) is 22.2 Å². The van der Waals surface area contributed by atoms with Gasteiger partial charge in [0, 0.05) is 17.2 Å². The number of anilines is 1. The summed E-state index contributed by atoms with van der Waals surface area (Å²) in [6.45, 7) is 6.69. The monoisotopic (exact) mass is 466 g/mol. The third-order valence-electron chi connectivity index (χ3n) is 6.81. The highest BCUT2D eigenvalue weighted by molar-refractivity contribution is 6.30. The molecule has 4 rings (SSSR count). The van der Waals surface area contributed by atoms with Crippen LogP contribution >= 0.6 is 11.6 Å². The van der Waals surface area contributed by atoms with Crippen LogP contribution in [0.15, 0.2) is 42.5 Å². The number of hydrogen-bond acceptors (Lipinski definition) is 2. The summed E-state index contributed by atoms with van der Waals surface area (Å²) in [4.78, 5) is 25.1. The maximum absolute atomic E-state index is 14.2. The second-order valence-electron chi connectivity index (χ2n) is 9.90. The molecule has 2 aliphatic carbocycles. The average Bonchev–Trinajstić information content (AvgIpc) is 3.63. The van der Waals surface area contributed by atoms with E-state index in [9.17, 15) is 14.0 Å². The summed E-state index contributed by atoms with van der Waals surface area (Å²) >= 11 is 6.68. The van der Waals surface area contributed by atoms with Crippen molar-refractivity contribution in [2.45, 2.75) is 62.5 Å². The quantitative estimate of drug-likeness (QED) is 0.439. The second kappa shape index (κ2) is 7.88. The number of amides is 2. The lowest BCUT2D eigenvalue weighted by atomic mass is 9.97. The van der Waals surface area contributed by atoms with Gasteiger partial charge >= 0.3 is 0 Å². The molecule has 2 aliphatic rings. The molecule has 0 saturated heterocycles. The fourth-order valence-electron chi connectivity index (χ4n) is 4.37. The molecule has 2 fully saturated rings. The van der Waals surface area contributed by atoms with Crippen molar-refractivity contribution in [3.8, 4) is 12.3 Å². The minimum absolute atomic E-state index is 0.186. The molecule has 2 amide bonds. The fourth-order valence-corrected chi connectivity index (χ4v) is 4.79. The van der Waals surface area contributed by atoms with Crippen LogP contribution in [0, 0.1) is 25.2 Å². The third kappa shape index (κ3) is 4.50. The predicted molar refractivity (Wildman–Crippen MR) is 129 cm³/mol. The minimum Gasteiger partial charge on any atom is -0.336 e. The molecule has 4 nitrogen and oxygen atoms in total. The number of benzene rings is 2. The maximum Gasteiger partial charge on any atom is 0.252 e. The molecule has 2 N–H and O–H groups in total. The molecule has 0 spiro atoms. The first-order valence-electron chi connectivity index (χ1n) is 11.1. The Morgan fingerprint density at radius 1 is 1.18 bits per heavy atom. The SMILES string of the molecule is C#CC1(NC(=O)c2cc(NC(=O)C3C(c4ccc(C(C)(C)F)cc4)C3(C)Cl)ccc2C)CC1. The van der Waals surface area contributed by atoms with Crippen molar-refractivity contribution in [2.75, 3.05) is 5.32 Å². The number of carbonyl (C=O) groups excluding carboxylic acids is 2. The van der Waals surface area contributed by atoms with Crippen molar-refractivity contribution in [1.82, 2.24) is 5.32 Å². The molecule has 3 atom stereocenters. The van der Waals surface area contributed by atoms with E-state index >= 15 is 0 Å². The van der Waals surface area contributed by atoms with Crippen LogP contribution in [0.3, 0.4) is 0 Å². The van der Waals surface area contributed by atoms with Gasteiger partial charge in [-0.3, -0.25) is 9.59 Å². The van der Waals surface area contributed by atoms with Crippen molar-refractivity contribution in [1.29, 1.82) is 0 Å². The molecule has 33 heavy (non-hydrogen) atoms. The number of halogens is 2. The zero-order chi connectivity index (χ0) is 24.2. The molecule has 0 heterocycles. The average molecular weight is 467 g/mol. The van der Waals surface area contributed by atoms with E-state index in [2.05, 4.69) is 16.6 Å². The van der Waals surface area contributed by atoms with E-state index in [1.807, 2.05) is 26.0 Å². The van der Waals surface area contributed by atoms with Gasteiger partial charge in [-0.1, -0.05) is 36.3 Å². The smallest absolute Gasteiger partial charge is 0.252 e. The molecule has 0 aliphatic heterocycles. The van der Waals surface area contributed by atoms with Crippen LogP contribution in [-0.2, 0) is 10.5 Å². The Kier molecular flexibility index (Phi) is 5.57. The lowest BCUT2D eigenvalue weighted by Gasteiger charge is -2.15. The third-order valence-corrected chi connectivity index (χ3v) is 7.28. The topological polar surface area (TPSA) is 58.2 Å². The zero-order valence-electron chi connectivity index (χ0n) is 19.3. The molecule has 2 saturated carbocycles. The maximum atomic E-state index is 14.2. The molecule has 6 heteroatoms.